The molecule has 3 aromatic heterocycles. The number of benzene rings is 1. The molecule has 5 rings (SSSR count). The molecule has 0 atom stereocenters. The van der Waals surface area contributed by atoms with Crippen LogP contribution >= 0.6 is 0 Å². The van der Waals surface area contributed by atoms with Gasteiger partial charge in [0.2, 0.25) is 5.88 Å². The highest BCUT2D eigenvalue weighted by atomic mass is 19.1. The van der Waals surface area contributed by atoms with E-state index in [2.05, 4.69) is 15.0 Å². The summed E-state index contributed by atoms with van der Waals surface area (Å²) in [5.74, 6) is 0.408. The predicted molar refractivity (Wildman–Crippen MR) is 130 cm³/mol. The van der Waals surface area contributed by atoms with E-state index in [1.807, 2.05) is 0 Å². The molecule has 4 aromatic rings. The zero-order chi connectivity index (χ0) is 25.2. The third kappa shape index (κ3) is 4.41. The van der Waals surface area contributed by atoms with Crippen LogP contribution in [0.5, 0.6) is 5.88 Å². The van der Waals surface area contributed by atoms with Crippen molar-refractivity contribution in [3.05, 3.63) is 68.9 Å². The molecule has 0 unspecified atom stereocenters. The van der Waals surface area contributed by atoms with Crippen LogP contribution in [0.1, 0.15) is 38.2 Å². The molecule has 1 N–H and O–H groups in total. The second-order valence-corrected chi connectivity index (χ2v) is 8.79. The number of fused-ring (bicyclic) bond motifs is 1. The highest BCUT2D eigenvalue weighted by Gasteiger charge is 2.24. The lowest BCUT2D eigenvalue weighted by atomic mass is 9.96. The van der Waals surface area contributed by atoms with Gasteiger partial charge in [-0.2, -0.15) is 0 Å². The minimum Gasteiger partial charge on any atom is -0.473 e. The van der Waals surface area contributed by atoms with Crippen molar-refractivity contribution >= 4 is 11.2 Å². The maximum absolute atomic E-state index is 13.5. The first kappa shape index (κ1) is 23.9. The van der Waals surface area contributed by atoms with Crippen LogP contribution in [0, 0.1) is 5.82 Å². The van der Waals surface area contributed by atoms with Crippen LogP contribution in [-0.4, -0.2) is 46.5 Å². The van der Waals surface area contributed by atoms with E-state index < -0.39 is 11.2 Å². The van der Waals surface area contributed by atoms with E-state index in [1.54, 1.807) is 23.6 Å². The normalized spacial score (nSPS) is 13.8. The number of aliphatic hydroxyl groups excluding tert-OH is 1. The van der Waals surface area contributed by atoms with Gasteiger partial charge >= 0.3 is 5.69 Å². The molecule has 11 heteroatoms. The third-order valence-corrected chi connectivity index (χ3v) is 6.42. The van der Waals surface area contributed by atoms with Gasteiger partial charge in [-0.1, -0.05) is 12.1 Å². The van der Waals surface area contributed by atoms with E-state index in [0.717, 1.165) is 29.4 Å². The molecule has 1 saturated carbocycles. The van der Waals surface area contributed by atoms with Crippen molar-refractivity contribution in [2.75, 3.05) is 6.61 Å². The molecule has 188 valence electrons. The van der Waals surface area contributed by atoms with Gasteiger partial charge in [0.1, 0.15) is 17.6 Å². The number of imidazole rings is 1. The SMILES string of the molecule is CCn1c(=O)n(CCCO)c(=O)c2c1nc(-c1cnc(OC3CCC3)cn1)n2Cc1ccc(F)cc1. The van der Waals surface area contributed by atoms with E-state index in [-0.39, 0.29) is 49.2 Å². The van der Waals surface area contributed by atoms with E-state index in [0.29, 0.717) is 23.9 Å². The zero-order valence-electron chi connectivity index (χ0n) is 19.9. The highest BCUT2D eigenvalue weighted by molar-refractivity contribution is 5.76. The van der Waals surface area contributed by atoms with E-state index in [1.165, 1.54) is 29.1 Å². The van der Waals surface area contributed by atoms with Crippen molar-refractivity contribution in [2.24, 2.45) is 0 Å². The second-order valence-electron chi connectivity index (χ2n) is 8.79. The molecule has 10 nitrogen and oxygen atoms in total. The Morgan fingerprint density at radius 1 is 1.08 bits per heavy atom. The van der Waals surface area contributed by atoms with Gasteiger partial charge in [-0.05, 0) is 50.3 Å². The summed E-state index contributed by atoms with van der Waals surface area (Å²) >= 11 is 0. The Morgan fingerprint density at radius 2 is 1.86 bits per heavy atom. The lowest BCUT2D eigenvalue weighted by Crippen LogP contribution is -2.40. The molecule has 0 amide bonds. The number of hydrogen-bond acceptors (Lipinski definition) is 7. The topological polar surface area (TPSA) is 117 Å². The number of nitrogens with zero attached hydrogens (tertiary/aromatic N) is 6. The average Bonchev–Trinajstić information content (AvgIpc) is 3.22. The lowest BCUT2D eigenvalue weighted by molar-refractivity contribution is 0.114. The van der Waals surface area contributed by atoms with Gasteiger partial charge in [-0.25, -0.2) is 24.1 Å². The summed E-state index contributed by atoms with van der Waals surface area (Å²) in [6.45, 7) is 2.22. The molecule has 0 saturated heterocycles. The minimum absolute atomic E-state index is 0.0776. The van der Waals surface area contributed by atoms with E-state index in [9.17, 15) is 19.1 Å². The van der Waals surface area contributed by atoms with Crippen LogP contribution in [-0.2, 0) is 19.6 Å². The average molecular weight is 495 g/mol. The first-order chi connectivity index (χ1) is 17.5. The van der Waals surface area contributed by atoms with Gasteiger partial charge in [0, 0.05) is 26.2 Å². The fourth-order valence-corrected chi connectivity index (χ4v) is 4.28. The Morgan fingerprint density at radius 3 is 2.47 bits per heavy atom. The van der Waals surface area contributed by atoms with Gasteiger partial charge in [-0.15, -0.1) is 0 Å². The standard InChI is InChI=1S/C25H27FN6O4/c1-2-30-23-21(24(34)31(25(30)35)11-4-12-33)32(15-16-7-9-17(26)10-8-16)22(29-23)19-13-28-20(14-27-19)36-18-5-3-6-18/h7-10,13-14,18,33H,2-6,11-12,15H2,1H3. The number of aliphatic hydroxyl groups is 1. The summed E-state index contributed by atoms with van der Waals surface area (Å²) in [5.41, 5.74) is 0.617. The van der Waals surface area contributed by atoms with Crippen molar-refractivity contribution in [1.82, 2.24) is 28.7 Å². The summed E-state index contributed by atoms with van der Waals surface area (Å²) < 4.78 is 23.6. The van der Waals surface area contributed by atoms with Crippen LogP contribution in [0.2, 0.25) is 0 Å². The van der Waals surface area contributed by atoms with Gasteiger partial charge in [-0.3, -0.25) is 13.9 Å². The van der Waals surface area contributed by atoms with Crippen molar-refractivity contribution in [3.8, 4) is 17.4 Å². The Balaban J connectivity index is 1.68. The molecule has 0 aliphatic heterocycles. The molecule has 1 aliphatic carbocycles. The summed E-state index contributed by atoms with van der Waals surface area (Å²) in [6, 6.07) is 5.96. The van der Waals surface area contributed by atoms with Crippen LogP contribution in [0.15, 0.2) is 46.2 Å². The van der Waals surface area contributed by atoms with Crippen LogP contribution in [0.3, 0.4) is 0 Å². The quantitative estimate of drug-likeness (QED) is 0.380. The number of hydrogen-bond donors (Lipinski definition) is 1. The largest absolute Gasteiger partial charge is 0.473 e. The smallest absolute Gasteiger partial charge is 0.332 e. The number of aromatic nitrogens is 6. The first-order valence-electron chi connectivity index (χ1n) is 12.1. The summed E-state index contributed by atoms with van der Waals surface area (Å²) in [7, 11) is 0. The summed E-state index contributed by atoms with van der Waals surface area (Å²) in [6.07, 6.45) is 6.61. The summed E-state index contributed by atoms with van der Waals surface area (Å²) in [4.78, 5) is 40.2. The number of ether oxygens (including phenoxy) is 1. The van der Waals surface area contributed by atoms with Gasteiger partial charge < -0.3 is 14.4 Å². The van der Waals surface area contributed by atoms with Gasteiger partial charge in [0.15, 0.2) is 17.0 Å². The van der Waals surface area contributed by atoms with Crippen molar-refractivity contribution in [2.45, 2.75) is 58.3 Å². The highest BCUT2D eigenvalue weighted by Crippen LogP contribution is 2.26. The minimum atomic E-state index is -0.507. The first-order valence-corrected chi connectivity index (χ1v) is 12.1. The Kier molecular flexibility index (Phi) is 6.64. The van der Waals surface area contributed by atoms with E-state index in [4.69, 9.17) is 4.74 Å². The maximum Gasteiger partial charge on any atom is 0.332 e. The van der Waals surface area contributed by atoms with Crippen LogP contribution in [0.25, 0.3) is 22.7 Å². The fourth-order valence-electron chi connectivity index (χ4n) is 4.28. The molecule has 36 heavy (non-hydrogen) atoms. The van der Waals surface area contributed by atoms with Crippen LogP contribution in [0.4, 0.5) is 4.39 Å². The molecule has 0 spiro atoms. The molecule has 0 bridgehead atoms. The van der Waals surface area contributed by atoms with Gasteiger partial charge in [0.05, 0.1) is 12.4 Å². The van der Waals surface area contributed by atoms with Crippen molar-refractivity contribution in [3.63, 3.8) is 0 Å². The third-order valence-electron chi connectivity index (χ3n) is 6.42. The number of rotatable bonds is 9. The molecule has 1 aromatic carbocycles. The van der Waals surface area contributed by atoms with Gasteiger partial charge in [0.25, 0.3) is 5.56 Å². The molecule has 1 aliphatic rings. The predicted octanol–water partition coefficient (Wildman–Crippen LogP) is 2.34. The Labute approximate surface area is 205 Å². The lowest BCUT2D eigenvalue weighted by Gasteiger charge is -2.25. The second kappa shape index (κ2) is 10.0. The molecule has 3 heterocycles. The van der Waals surface area contributed by atoms with Crippen molar-refractivity contribution in [1.29, 1.82) is 0 Å². The fraction of sp³-hybridized carbons (Fsp3) is 0.400. The summed E-state index contributed by atoms with van der Waals surface area (Å²) in [5, 5.41) is 9.27. The monoisotopic (exact) mass is 494 g/mol. The van der Waals surface area contributed by atoms with Crippen molar-refractivity contribution < 1.29 is 14.2 Å². The molecular weight excluding hydrogens is 467 g/mol. The number of aryl methyl sites for hydroxylation is 1. The van der Waals surface area contributed by atoms with Crippen LogP contribution < -0.4 is 16.0 Å². The molecular formula is C25H27FN6O4. The Hall–Kier alpha value is -3.86. The zero-order valence-corrected chi connectivity index (χ0v) is 19.9. The molecule has 0 radical (unpaired) electrons. The van der Waals surface area contributed by atoms with E-state index >= 15 is 0 Å². The Bertz CT molecular complexity index is 1490. The molecule has 1 fully saturated rings. The maximum atomic E-state index is 13.5. The number of halogens is 1.